The summed E-state index contributed by atoms with van der Waals surface area (Å²) in [5.74, 6) is 1.61. The summed E-state index contributed by atoms with van der Waals surface area (Å²) < 4.78 is 38.3. The highest BCUT2D eigenvalue weighted by Crippen LogP contribution is 2.33. The third kappa shape index (κ3) is 7.04. The van der Waals surface area contributed by atoms with E-state index >= 15 is 0 Å². The van der Waals surface area contributed by atoms with Crippen LogP contribution in [0.25, 0.3) is 11.3 Å². The molecule has 3 aromatic heterocycles. The number of thioether (sulfide) groups is 1. The summed E-state index contributed by atoms with van der Waals surface area (Å²) in [5.41, 5.74) is 2.64. The second-order valence-corrected chi connectivity index (χ2v) is 10.4. The third-order valence-corrected chi connectivity index (χ3v) is 7.28. The first kappa shape index (κ1) is 29.0. The van der Waals surface area contributed by atoms with Crippen molar-refractivity contribution in [3.8, 4) is 22.8 Å². The average Bonchev–Trinajstić information content (AvgIpc) is 3.68. The summed E-state index contributed by atoms with van der Waals surface area (Å²) in [5, 5.41) is 0.528. The van der Waals surface area contributed by atoms with Gasteiger partial charge in [-0.3, -0.25) is 4.79 Å². The minimum absolute atomic E-state index is 0.146. The van der Waals surface area contributed by atoms with Crippen LogP contribution in [-0.2, 0) is 17.9 Å². The SMILES string of the molecule is C=C/C=C(\C=C)C(CCSc1nc(C)cc(-c2cc(F)c(=O)n(Cc3ccc4c(c3)OCO4)c2)n1)OCc1cnco1. The lowest BCUT2D eigenvalue weighted by Gasteiger charge is -2.18. The Kier molecular flexibility index (Phi) is 9.30. The summed E-state index contributed by atoms with van der Waals surface area (Å²) in [6, 6.07) is 8.35. The highest BCUT2D eigenvalue weighted by molar-refractivity contribution is 7.99. The number of aryl methyl sites for hydroxylation is 1. The van der Waals surface area contributed by atoms with Crippen LogP contribution in [0.4, 0.5) is 4.39 Å². The van der Waals surface area contributed by atoms with E-state index in [1.165, 1.54) is 28.8 Å². The van der Waals surface area contributed by atoms with Gasteiger partial charge in [-0.2, -0.15) is 0 Å². The van der Waals surface area contributed by atoms with E-state index in [0.717, 1.165) is 11.1 Å². The molecule has 42 heavy (non-hydrogen) atoms. The van der Waals surface area contributed by atoms with Crippen molar-refractivity contribution >= 4 is 11.8 Å². The van der Waals surface area contributed by atoms with Crippen LogP contribution < -0.4 is 15.0 Å². The molecule has 4 aromatic rings. The van der Waals surface area contributed by atoms with Gasteiger partial charge < -0.3 is 23.2 Å². The van der Waals surface area contributed by atoms with Gasteiger partial charge in [-0.1, -0.05) is 49.2 Å². The molecule has 1 unspecified atom stereocenters. The monoisotopic (exact) mass is 588 g/mol. The fourth-order valence-electron chi connectivity index (χ4n) is 4.39. The summed E-state index contributed by atoms with van der Waals surface area (Å²) in [6.07, 6.45) is 10.2. The molecule has 1 atom stereocenters. The number of rotatable bonds is 13. The van der Waals surface area contributed by atoms with E-state index in [4.69, 9.17) is 18.6 Å². The Balaban J connectivity index is 1.32. The van der Waals surface area contributed by atoms with Crippen molar-refractivity contribution in [3.63, 3.8) is 0 Å². The van der Waals surface area contributed by atoms with Crippen molar-refractivity contribution in [2.24, 2.45) is 0 Å². The quantitative estimate of drug-likeness (QED) is 0.108. The lowest BCUT2D eigenvalue weighted by molar-refractivity contribution is 0.0540. The molecular formula is C31H29FN4O5S. The second kappa shape index (κ2) is 13.5. The van der Waals surface area contributed by atoms with Gasteiger partial charge in [0.15, 0.2) is 28.9 Å². The molecule has 0 saturated heterocycles. The average molecular weight is 589 g/mol. The number of ether oxygens (including phenoxy) is 3. The number of allylic oxidation sites excluding steroid dienone is 2. The van der Waals surface area contributed by atoms with Gasteiger partial charge in [0.2, 0.25) is 6.79 Å². The first-order chi connectivity index (χ1) is 20.4. The van der Waals surface area contributed by atoms with E-state index in [0.29, 0.717) is 51.5 Å². The van der Waals surface area contributed by atoms with Gasteiger partial charge in [0, 0.05) is 23.2 Å². The van der Waals surface area contributed by atoms with Crippen LogP contribution >= 0.6 is 11.8 Å². The fourth-order valence-corrected chi connectivity index (χ4v) is 5.27. The van der Waals surface area contributed by atoms with Crippen molar-refractivity contribution in [2.45, 2.75) is 37.8 Å². The van der Waals surface area contributed by atoms with Crippen LogP contribution in [0.2, 0.25) is 0 Å². The molecule has 1 aromatic carbocycles. The minimum atomic E-state index is -0.864. The van der Waals surface area contributed by atoms with Crippen LogP contribution in [0.1, 0.15) is 23.4 Å². The molecule has 0 amide bonds. The number of aromatic nitrogens is 4. The molecule has 5 rings (SSSR count). The highest BCUT2D eigenvalue weighted by atomic mass is 32.2. The zero-order chi connectivity index (χ0) is 29.5. The molecule has 0 spiro atoms. The molecule has 0 aliphatic carbocycles. The van der Waals surface area contributed by atoms with Crippen molar-refractivity contribution in [2.75, 3.05) is 12.5 Å². The highest BCUT2D eigenvalue weighted by Gasteiger charge is 2.17. The predicted molar refractivity (Wildman–Crippen MR) is 157 cm³/mol. The number of nitrogens with zero attached hydrogens (tertiary/aromatic N) is 4. The lowest BCUT2D eigenvalue weighted by Crippen LogP contribution is -2.23. The Morgan fingerprint density at radius 3 is 2.86 bits per heavy atom. The van der Waals surface area contributed by atoms with Gasteiger partial charge in [-0.15, -0.1) is 0 Å². The number of fused-ring (bicyclic) bond motifs is 1. The summed E-state index contributed by atoms with van der Waals surface area (Å²) in [7, 11) is 0. The fraction of sp³-hybridized carbons (Fsp3) is 0.226. The first-order valence-corrected chi connectivity index (χ1v) is 14.1. The number of pyridine rings is 1. The Hall–Kier alpha value is -4.48. The maximum atomic E-state index is 14.8. The van der Waals surface area contributed by atoms with E-state index in [1.54, 1.807) is 42.7 Å². The normalized spacial score (nSPS) is 13.2. The molecular weight excluding hydrogens is 559 g/mol. The molecule has 0 bridgehead atoms. The Bertz CT molecular complexity index is 1670. The first-order valence-electron chi connectivity index (χ1n) is 13.1. The second-order valence-electron chi connectivity index (χ2n) is 9.39. The molecule has 1 aliphatic rings. The van der Waals surface area contributed by atoms with E-state index < -0.39 is 11.4 Å². The van der Waals surface area contributed by atoms with Crippen LogP contribution in [0, 0.1) is 12.7 Å². The summed E-state index contributed by atoms with van der Waals surface area (Å²) in [6.45, 7) is 10.1. The number of hydrogen-bond acceptors (Lipinski definition) is 9. The van der Waals surface area contributed by atoms with E-state index in [9.17, 15) is 9.18 Å². The molecule has 9 nitrogen and oxygen atoms in total. The summed E-state index contributed by atoms with van der Waals surface area (Å²) >= 11 is 1.45. The van der Waals surface area contributed by atoms with Gasteiger partial charge >= 0.3 is 0 Å². The molecule has 4 heterocycles. The topological polar surface area (TPSA) is 102 Å². The van der Waals surface area contributed by atoms with Crippen LogP contribution in [0.15, 0.2) is 100 Å². The van der Waals surface area contributed by atoms with Crippen LogP contribution in [-0.4, -0.2) is 38.2 Å². The Morgan fingerprint density at radius 1 is 1.21 bits per heavy atom. The van der Waals surface area contributed by atoms with E-state index in [1.807, 2.05) is 19.1 Å². The Morgan fingerprint density at radius 2 is 2.07 bits per heavy atom. The van der Waals surface area contributed by atoms with Gasteiger partial charge in [0.05, 0.1) is 24.5 Å². The van der Waals surface area contributed by atoms with Crippen molar-refractivity contribution in [1.29, 1.82) is 0 Å². The molecule has 11 heteroatoms. The lowest BCUT2D eigenvalue weighted by atomic mass is 10.1. The smallest absolute Gasteiger partial charge is 0.286 e. The van der Waals surface area contributed by atoms with Crippen LogP contribution in [0.3, 0.4) is 0 Å². The number of hydrogen-bond donors (Lipinski definition) is 0. The largest absolute Gasteiger partial charge is 0.454 e. The van der Waals surface area contributed by atoms with Gasteiger partial charge in [-0.05, 0) is 48.7 Å². The number of halogens is 1. The van der Waals surface area contributed by atoms with Crippen molar-refractivity contribution < 1.29 is 23.0 Å². The number of benzene rings is 1. The Labute approximate surface area is 246 Å². The van der Waals surface area contributed by atoms with E-state index in [2.05, 4.69) is 28.1 Å². The number of oxazole rings is 1. The molecule has 0 fully saturated rings. The maximum Gasteiger partial charge on any atom is 0.286 e. The van der Waals surface area contributed by atoms with Crippen molar-refractivity contribution in [1.82, 2.24) is 19.5 Å². The van der Waals surface area contributed by atoms with E-state index in [-0.39, 0.29) is 26.0 Å². The molecule has 0 N–H and O–H groups in total. The van der Waals surface area contributed by atoms with Gasteiger partial charge in [0.1, 0.15) is 12.4 Å². The zero-order valence-electron chi connectivity index (χ0n) is 23.0. The molecule has 0 saturated carbocycles. The zero-order valence-corrected chi connectivity index (χ0v) is 23.8. The molecule has 0 radical (unpaired) electrons. The van der Waals surface area contributed by atoms with Crippen LogP contribution in [0.5, 0.6) is 11.5 Å². The van der Waals surface area contributed by atoms with Gasteiger partial charge in [-0.25, -0.2) is 19.3 Å². The standard InChI is InChI=1S/C31H29FN4O5S/c1-4-6-22(5-2)27(38-17-24-14-33-18-39-24)9-10-42-31-34-20(3)11-26(35-31)23-13-25(32)30(37)36(16-23)15-21-7-8-28-29(12-21)41-19-40-28/h4-8,11-14,16,18,27H,1-2,9-10,15,17,19H2,3H3/b22-6+. The molecule has 216 valence electrons. The maximum absolute atomic E-state index is 14.8. The minimum Gasteiger partial charge on any atom is -0.454 e. The third-order valence-electron chi connectivity index (χ3n) is 6.40. The summed E-state index contributed by atoms with van der Waals surface area (Å²) in [4.78, 5) is 25.8. The molecule has 1 aliphatic heterocycles. The van der Waals surface area contributed by atoms with Gasteiger partial charge in [0.25, 0.3) is 5.56 Å². The predicted octanol–water partition coefficient (Wildman–Crippen LogP) is 5.88. The van der Waals surface area contributed by atoms with Crippen molar-refractivity contribution in [3.05, 3.63) is 119 Å².